The molecule has 0 radical (unpaired) electrons. The van der Waals surface area contributed by atoms with Gasteiger partial charge >= 0.3 is 7.12 Å². The topological polar surface area (TPSA) is 57.4 Å². The van der Waals surface area contributed by atoms with Crippen LogP contribution in [0.5, 0.6) is 0 Å². The first-order valence-electron chi connectivity index (χ1n) is 7.35. The third-order valence-electron chi connectivity index (χ3n) is 5.10. The summed E-state index contributed by atoms with van der Waals surface area (Å²) in [6, 6.07) is 4.05. The predicted octanol–water partition coefficient (Wildman–Crippen LogP) is 1.72. The van der Waals surface area contributed by atoms with E-state index >= 15 is 0 Å². The Balaban J connectivity index is 1.87. The van der Waals surface area contributed by atoms with E-state index in [1.54, 1.807) is 0 Å². The second-order valence-corrected chi connectivity index (χ2v) is 7.07. The molecule has 20 heavy (non-hydrogen) atoms. The monoisotopic (exact) mass is 274 g/mol. The number of rotatable bonds is 2. The standard InChI is InChI=1S/C15H23BN2O2/c1-13(2)14(3,4)20-16(19-13)12-10-11(6-9-18-12)15(17)7-5-8-15/h6,9-10H,5,7-8,17H2,1-4H3. The number of nitrogens with zero attached hydrogens (tertiary/aromatic N) is 1. The highest BCUT2D eigenvalue weighted by Gasteiger charge is 2.52. The van der Waals surface area contributed by atoms with Gasteiger partial charge in [0.05, 0.1) is 16.8 Å². The molecule has 0 atom stereocenters. The Kier molecular flexibility index (Phi) is 3.02. The molecule has 1 aliphatic heterocycles. The number of nitrogens with two attached hydrogens (primary N) is 1. The molecule has 108 valence electrons. The molecule has 2 heterocycles. The lowest BCUT2D eigenvalue weighted by atomic mass is 9.71. The molecule has 4 nitrogen and oxygen atoms in total. The van der Waals surface area contributed by atoms with Crippen LogP contribution in [-0.2, 0) is 14.8 Å². The Morgan fingerprint density at radius 1 is 1.15 bits per heavy atom. The Bertz CT molecular complexity index is 510. The van der Waals surface area contributed by atoms with Gasteiger partial charge in [0.1, 0.15) is 0 Å². The maximum absolute atomic E-state index is 6.39. The fourth-order valence-corrected chi connectivity index (χ4v) is 2.70. The van der Waals surface area contributed by atoms with Crippen LogP contribution in [0.15, 0.2) is 18.3 Å². The van der Waals surface area contributed by atoms with Gasteiger partial charge in [-0.15, -0.1) is 0 Å². The van der Waals surface area contributed by atoms with E-state index in [4.69, 9.17) is 15.0 Å². The fraction of sp³-hybridized carbons (Fsp3) is 0.667. The van der Waals surface area contributed by atoms with Gasteiger partial charge in [0.2, 0.25) is 0 Å². The van der Waals surface area contributed by atoms with E-state index in [0.717, 1.165) is 24.0 Å². The molecule has 2 fully saturated rings. The van der Waals surface area contributed by atoms with Gasteiger partial charge < -0.3 is 15.0 Å². The molecule has 0 bridgehead atoms. The van der Waals surface area contributed by atoms with E-state index < -0.39 is 7.12 Å². The van der Waals surface area contributed by atoms with Gasteiger partial charge in [-0.05, 0) is 64.7 Å². The maximum atomic E-state index is 6.39. The van der Waals surface area contributed by atoms with Gasteiger partial charge in [0.25, 0.3) is 0 Å². The van der Waals surface area contributed by atoms with E-state index in [0.29, 0.717) is 0 Å². The van der Waals surface area contributed by atoms with Crippen LogP contribution in [0.25, 0.3) is 0 Å². The summed E-state index contributed by atoms with van der Waals surface area (Å²) in [5, 5.41) is 0. The predicted molar refractivity (Wildman–Crippen MR) is 79.7 cm³/mol. The molecule has 1 aromatic heterocycles. The van der Waals surface area contributed by atoms with Crippen LogP contribution in [0.3, 0.4) is 0 Å². The molecule has 0 spiro atoms. The Morgan fingerprint density at radius 2 is 1.75 bits per heavy atom. The van der Waals surface area contributed by atoms with Crippen molar-refractivity contribution in [3.05, 3.63) is 23.9 Å². The molecular formula is C15H23BN2O2. The van der Waals surface area contributed by atoms with Crippen LogP contribution in [0, 0.1) is 0 Å². The summed E-state index contributed by atoms with van der Waals surface area (Å²) < 4.78 is 12.1. The second kappa shape index (κ2) is 4.29. The fourth-order valence-electron chi connectivity index (χ4n) is 2.70. The lowest BCUT2D eigenvalue weighted by Gasteiger charge is -2.38. The molecule has 1 saturated carbocycles. The molecule has 0 aromatic carbocycles. The Hall–Kier alpha value is -0.905. The van der Waals surface area contributed by atoms with Crippen molar-refractivity contribution in [2.75, 3.05) is 0 Å². The van der Waals surface area contributed by atoms with Crippen LogP contribution in [0.4, 0.5) is 0 Å². The zero-order valence-corrected chi connectivity index (χ0v) is 12.8. The van der Waals surface area contributed by atoms with Gasteiger partial charge in [0.15, 0.2) is 0 Å². The molecule has 1 aromatic rings. The molecule has 1 saturated heterocycles. The summed E-state index contributed by atoms with van der Waals surface area (Å²) in [6.45, 7) is 8.20. The molecular weight excluding hydrogens is 251 g/mol. The number of hydrogen-bond acceptors (Lipinski definition) is 4. The normalized spacial score (nSPS) is 26.4. The van der Waals surface area contributed by atoms with Crippen molar-refractivity contribution in [1.29, 1.82) is 0 Å². The van der Waals surface area contributed by atoms with Crippen LogP contribution in [0.1, 0.15) is 52.5 Å². The van der Waals surface area contributed by atoms with Crippen LogP contribution in [0.2, 0.25) is 0 Å². The van der Waals surface area contributed by atoms with Crippen molar-refractivity contribution in [1.82, 2.24) is 4.98 Å². The van der Waals surface area contributed by atoms with Gasteiger partial charge in [-0.2, -0.15) is 0 Å². The van der Waals surface area contributed by atoms with E-state index in [-0.39, 0.29) is 16.7 Å². The smallest absolute Gasteiger partial charge is 0.398 e. The lowest BCUT2D eigenvalue weighted by molar-refractivity contribution is 0.00578. The molecule has 1 aliphatic carbocycles. The molecule has 2 N–H and O–H groups in total. The summed E-state index contributed by atoms with van der Waals surface area (Å²) >= 11 is 0. The third-order valence-corrected chi connectivity index (χ3v) is 5.10. The van der Waals surface area contributed by atoms with E-state index in [1.165, 1.54) is 6.42 Å². The molecule has 3 rings (SSSR count). The van der Waals surface area contributed by atoms with Crippen molar-refractivity contribution in [2.24, 2.45) is 5.73 Å². The van der Waals surface area contributed by atoms with Gasteiger partial charge in [-0.3, -0.25) is 4.98 Å². The first-order valence-corrected chi connectivity index (χ1v) is 7.35. The van der Waals surface area contributed by atoms with E-state index in [9.17, 15) is 0 Å². The van der Waals surface area contributed by atoms with Crippen molar-refractivity contribution >= 4 is 12.7 Å². The molecule has 2 aliphatic rings. The first kappa shape index (κ1) is 14.0. The third kappa shape index (κ3) is 2.08. The molecule has 0 amide bonds. The summed E-state index contributed by atoms with van der Waals surface area (Å²) in [5.41, 5.74) is 7.49. The van der Waals surface area contributed by atoms with Crippen molar-refractivity contribution in [3.8, 4) is 0 Å². The maximum Gasteiger partial charge on any atom is 0.514 e. The minimum Gasteiger partial charge on any atom is -0.398 e. The number of pyridine rings is 1. The minimum atomic E-state index is -0.413. The van der Waals surface area contributed by atoms with Crippen molar-refractivity contribution < 1.29 is 9.31 Å². The second-order valence-electron chi connectivity index (χ2n) is 7.07. The van der Waals surface area contributed by atoms with E-state index in [1.807, 2.05) is 46.0 Å². The lowest BCUT2D eigenvalue weighted by Crippen LogP contribution is -2.45. The SMILES string of the molecule is CC1(C)OB(c2cc(C3(N)CCC3)ccn2)OC1(C)C. The van der Waals surface area contributed by atoms with Gasteiger partial charge in [-0.25, -0.2) is 0 Å². The van der Waals surface area contributed by atoms with Crippen molar-refractivity contribution in [3.63, 3.8) is 0 Å². The largest absolute Gasteiger partial charge is 0.514 e. The Labute approximate surface area is 121 Å². The summed E-state index contributed by atoms with van der Waals surface area (Å²) in [5.74, 6) is 0. The van der Waals surface area contributed by atoms with E-state index in [2.05, 4.69) is 4.98 Å². The highest BCUT2D eigenvalue weighted by atomic mass is 16.7. The number of hydrogen-bond donors (Lipinski definition) is 1. The molecule has 5 heteroatoms. The number of aromatic nitrogens is 1. The zero-order chi connectivity index (χ0) is 14.6. The average molecular weight is 274 g/mol. The zero-order valence-electron chi connectivity index (χ0n) is 12.8. The van der Waals surface area contributed by atoms with Gasteiger partial charge in [-0.1, -0.05) is 0 Å². The highest BCUT2D eigenvalue weighted by molar-refractivity contribution is 6.61. The Morgan fingerprint density at radius 3 is 2.25 bits per heavy atom. The minimum absolute atomic E-state index is 0.179. The average Bonchev–Trinajstić information content (AvgIpc) is 2.56. The van der Waals surface area contributed by atoms with Gasteiger partial charge in [0, 0.05) is 11.7 Å². The molecule has 0 unspecified atom stereocenters. The summed E-state index contributed by atoms with van der Waals surface area (Å²) in [6.07, 6.45) is 5.09. The van der Waals surface area contributed by atoms with Crippen molar-refractivity contribution in [2.45, 2.75) is 63.7 Å². The van der Waals surface area contributed by atoms with Crippen LogP contribution in [-0.4, -0.2) is 23.3 Å². The summed E-state index contributed by atoms with van der Waals surface area (Å²) in [4.78, 5) is 4.42. The van der Waals surface area contributed by atoms with Crippen LogP contribution < -0.4 is 11.3 Å². The first-order chi connectivity index (χ1) is 9.24. The highest BCUT2D eigenvalue weighted by Crippen LogP contribution is 2.39. The summed E-state index contributed by atoms with van der Waals surface area (Å²) in [7, 11) is -0.413. The van der Waals surface area contributed by atoms with Crippen LogP contribution >= 0.6 is 0 Å². The quantitative estimate of drug-likeness (QED) is 0.834.